The Kier molecular flexibility index (Phi) is 6.35. The molecule has 0 aliphatic rings. The molecule has 120 valence electrons. The van der Waals surface area contributed by atoms with E-state index in [9.17, 15) is 4.79 Å². The molecule has 1 N–H and O–H groups in total. The number of benzene rings is 2. The summed E-state index contributed by atoms with van der Waals surface area (Å²) in [5.41, 5.74) is 4.35. The number of hydrogen-bond donors (Lipinski definition) is 1. The summed E-state index contributed by atoms with van der Waals surface area (Å²) in [7, 11) is 0. The lowest BCUT2D eigenvalue weighted by Crippen LogP contribution is -2.19. The molecule has 0 radical (unpaired) electrons. The third-order valence-electron chi connectivity index (χ3n) is 2.93. The van der Waals surface area contributed by atoms with Crippen LogP contribution in [0.25, 0.3) is 0 Å². The SMILES string of the molecule is CC(C)Oc1ccc(CC(=O)N/N=C\c2ccccc2)cc1Br. The zero-order valence-electron chi connectivity index (χ0n) is 13.1. The highest BCUT2D eigenvalue weighted by Crippen LogP contribution is 2.27. The van der Waals surface area contributed by atoms with Gasteiger partial charge in [-0.1, -0.05) is 36.4 Å². The van der Waals surface area contributed by atoms with Gasteiger partial charge in [0.1, 0.15) is 5.75 Å². The average molecular weight is 375 g/mol. The predicted molar refractivity (Wildman–Crippen MR) is 95.8 cm³/mol. The van der Waals surface area contributed by atoms with Gasteiger partial charge in [-0.3, -0.25) is 4.79 Å². The molecule has 0 fully saturated rings. The van der Waals surface area contributed by atoms with E-state index >= 15 is 0 Å². The molecule has 0 spiro atoms. The van der Waals surface area contributed by atoms with E-state index in [1.54, 1.807) is 6.21 Å². The molecule has 2 rings (SSSR count). The first-order chi connectivity index (χ1) is 11.0. The molecule has 2 aromatic carbocycles. The number of carbonyl (C=O) groups excluding carboxylic acids is 1. The Morgan fingerprint density at radius 1 is 1.26 bits per heavy atom. The van der Waals surface area contributed by atoms with Gasteiger partial charge in [-0.15, -0.1) is 0 Å². The molecule has 0 bridgehead atoms. The van der Waals surface area contributed by atoms with E-state index in [2.05, 4.69) is 26.5 Å². The molecular formula is C18H19BrN2O2. The molecule has 0 aliphatic carbocycles. The van der Waals surface area contributed by atoms with E-state index < -0.39 is 0 Å². The van der Waals surface area contributed by atoms with Crippen molar-refractivity contribution in [2.24, 2.45) is 5.10 Å². The van der Waals surface area contributed by atoms with Crippen molar-refractivity contribution in [3.05, 3.63) is 64.1 Å². The Labute approximate surface area is 144 Å². The molecule has 0 atom stereocenters. The highest BCUT2D eigenvalue weighted by molar-refractivity contribution is 9.10. The second-order valence-electron chi connectivity index (χ2n) is 5.31. The van der Waals surface area contributed by atoms with Gasteiger partial charge in [0.25, 0.3) is 0 Å². The number of amides is 1. The standard InChI is InChI=1S/C18H19BrN2O2/c1-13(2)23-17-9-8-15(10-16(17)19)11-18(22)21-20-12-14-6-4-3-5-7-14/h3-10,12-13H,11H2,1-2H3,(H,21,22)/b20-12-. The lowest BCUT2D eigenvalue weighted by atomic mass is 10.1. The lowest BCUT2D eigenvalue weighted by Gasteiger charge is -2.12. The number of hydrazone groups is 1. The van der Waals surface area contributed by atoms with Crippen LogP contribution in [0.1, 0.15) is 25.0 Å². The lowest BCUT2D eigenvalue weighted by molar-refractivity contribution is -0.120. The quantitative estimate of drug-likeness (QED) is 0.615. The fourth-order valence-corrected chi connectivity index (χ4v) is 2.47. The van der Waals surface area contributed by atoms with Crippen LogP contribution >= 0.6 is 15.9 Å². The van der Waals surface area contributed by atoms with E-state index in [0.29, 0.717) is 0 Å². The van der Waals surface area contributed by atoms with Crippen LogP contribution in [0.15, 0.2) is 58.1 Å². The molecule has 0 saturated heterocycles. The second kappa shape index (κ2) is 8.48. The van der Waals surface area contributed by atoms with Gasteiger partial charge >= 0.3 is 0 Å². The van der Waals surface area contributed by atoms with Gasteiger partial charge in [-0.2, -0.15) is 5.10 Å². The van der Waals surface area contributed by atoms with Crippen molar-refractivity contribution >= 4 is 28.1 Å². The zero-order chi connectivity index (χ0) is 16.7. The average Bonchev–Trinajstić information content (AvgIpc) is 2.51. The van der Waals surface area contributed by atoms with E-state index in [1.807, 2.05) is 62.4 Å². The van der Waals surface area contributed by atoms with E-state index in [1.165, 1.54) is 0 Å². The first kappa shape index (κ1) is 17.2. The highest BCUT2D eigenvalue weighted by Gasteiger charge is 2.07. The predicted octanol–water partition coefficient (Wildman–Crippen LogP) is 3.93. The number of halogens is 1. The fourth-order valence-electron chi connectivity index (χ4n) is 1.95. The van der Waals surface area contributed by atoms with Crippen LogP contribution < -0.4 is 10.2 Å². The van der Waals surface area contributed by atoms with Crippen molar-refractivity contribution in [1.82, 2.24) is 5.43 Å². The third kappa shape index (κ3) is 5.87. The maximum atomic E-state index is 11.9. The molecule has 5 heteroatoms. The first-order valence-corrected chi connectivity index (χ1v) is 8.16. The van der Waals surface area contributed by atoms with Crippen LogP contribution in [0.2, 0.25) is 0 Å². The Hall–Kier alpha value is -2.14. The summed E-state index contributed by atoms with van der Waals surface area (Å²) in [6, 6.07) is 15.2. The third-order valence-corrected chi connectivity index (χ3v) is 3.55. The second-order valence-corrected chi connectivity index (χ2v) is 6.17. The van der Waals surface area contributed by atoms with Gasteiger partial charge < -0.3 is 4.74 Å². The number of nitrogens with one attached hydrogen (secondary N) is 1. The summed E-state index contributed by atoms with van der Waals surface area (Å²) < 4.78 is 6.49. The zero-order valence-corrected chi connectivity index (χ0v) is 14.7. The van der Waals surface area contributed by atoms with Gasteiger partial charge in [0.2, 0.25) is 5.91 Å². The van der Waals surface area contributed by atoms with E-state index in [-0.39, 0.29) is 18.4 Å². The summed E-state index contributed by atoms with van der Waals surface area (Å²) >= 11 is 3.46. The van der Waals surface area contributed by atoms with Gasteiger partial charge in [0, 0.05) is 0 Å². The molecule has 4 nitrogen and oxygen atoms in total. The number of ether oxygens (including phenoxy) is 1. The van der Waals surface area contributed by atoms with Gasteiger partial charge in [0.15, 0.2) is 0 Å². The Bertz CT molecular complexity index is 685. The van der Waals surface area contributed by atoms with Crippen LogP contribution in [-0.2, 0) is 11.2 Å². The Morgan fingerprint density at radius 3 is 2.65 bits per heavy atom. The molecule has 23 heavy (non-hydrogen) atoms. The van der Waals surface area contributed by atoms with Crippen molar-refractivity contribution in [1.29, 1.82) is 0 Å². The molecule has 0 aromatic heterocycles. The number of rotatable bonds is 6. The van der Waals surface area contributed by atoms with Crippen molar-refractivity contribution in [3.63, 3.8) is 0 Å². The summed E-state index contributed by atoms with van der Waals surface area (Å²) in [5, 5.41) is 3.96. The molecule has 0 aliphatic heterocycles. The van der Waals surface area contributed by atoms with Crippen molar-refractivity contribution in [2.45, 2.75) is 26.4 Å². The maximum Gasteiger partial charge on any atom is 0.244 e. The van der Waals surface area contributed by atoms with Crippen LogP contribution in [-0.4, -0.2) is 18.2 Å². The number of carbonyl (C=O) groups is 1. The van der Waals surface area contributed by atoms with Gasteiger partial charge in [-0.05, 0) is 53.0 Å². The van der Waals surface area contributed by atoms with Crippen LogP contribution in [0.3, 0.4) is 0 Å². The molecule has 0 saturated carbocycles. The summed E-state index contributed by atoms with van der Waals surface area (Å²) in [5.74, 6) is 0.605. The first-order valence-electron chi connectivity index (χ1n) is 7.36. The minimum atomic E-state index is -0.165. The smallest absolute Gasteiger partial charge is 0.244 e. The maximum absolute atomic E-state index is 11.9. The number of nitrogens with zero attached hydrogens (tertiary/aromatic N) is 1. The van der Waals surface area contributed by atoms with Gasteiger partial charge in [0.05, 0.1) is 23.2 Å². The van der Waals surface area contributed by atoms with Crippen molar-refractivity contribution < 1.29 is 9.53 Å². The Balaban J connectivity index is 1.90. The molecular weight excluding hydrogens is 356 g/mol. The summed E-state index contributed by atoms with van der Waals surface area (Å²) in [6.07, 6.45) is 1.98. The molecule has 0 heterocycles. The topological polar surface area (TPSA) is 50.7 Å². The van der Waals surface area contributed by atoms with Crippen LogP contribution in [0.5, 0.6) is 5.75 Å². The minimum Gasteiger partial charge on any atom is -0.490 e. The largest absolute Gasteiger partial charge is 0.490 e. The van der Waals surface area contributed by atoms with Crippen molar-refractivity contribution in [3.8, 4) is 5.75 Å². The summed E-state index contributed by atoms with van der Waals surface area (Å²) in [6.45, 7) is 3.94. The molecule has 2 aromatic rings. The van der Waals surface area contributed by atoms with Gasteiger partial charge in [-0.25, -0.2) is 5.43 Å². The normalized spacial score (nSPS) is 11.0. The Morgan fingerprint density at radius 2 is 2.00 bits per heavy atom. The van der Waals surface area contributed by atoms with E-state index in [0.717, 1.165) is 21.3 Å². The summed E-state index contributed by atoms with van der Waals surface area (Å²) in [4.78, 5) is 11.9. The minimum absolute atomic E-state index is 0.104. The molecule has 0 unspecified atom stereocenters. The van der Waals surface area contributed by atoms with Crippen molar-refractivity contribution in [2.75, 3.05) is 0 Å². The molecule has 1 amide bonds. The van der Waals surface area contributed by atoms with Crippen LogP contribution in [0, 0.1) is 0 Å². The fraction of sp³-hybridized carbons (Fsp3) is 0.222. The van der Waals surface area contributed by atoms with Crippen LogP contribution in [0.4, 0.5) is 0 Å². The monoisotopic (exact) mass is 374 g/mol. The highest BCUT2D eigenvalue weighted by atomic mass is 79.9. The number of hydrogen-bond acceptors (Lipinski definition) is 3. The van der Waals surface area contributed by atoms with E-state index in [4.69, 9.17) is 4.74 Å².